The van der Waals surface area contributed by atoms with Crippen LogP contribution in [0, 0.1) is 0 Å². The van der Waals surface area contributed by atoms with E-state index in [0.717, 1.165) is 21.8 Å². The zero-order chi connectivity index (χ0) is 33.9. The molecule has 6 nitrogen and oxygen atoms in total. The molecular formula is C41H39N3O3S. The summed E-state index contributed by atoms with van der Waals surface area (Å²) in [5.41, 5.74) is 4.66. The molecule has 0 aliphatic carbocycles. The van der Waals surface area contributed by atoms with E-state index in [1.54, 1.807) is 41.3 Å². The molecule has 242 valence electrons. The van der Waals surface area contributed by atoms with Gasteiger partial charge in [0.1, 0.15) is 5.70 Å². The Kier molecular flexibility index (Phi) is 11.6. The monoisotopic (exact) mass is 653 g/mol. The van der Waals surface area contributed by atoms with Crippen molar-refractivity contribution in [3.05, 3.63) is 162 Å². The van der Waals surface area contributed by atoms with Crippen molar-refractivity contribution in [2.45, 2.75) is 43.3 Å². The molecule has 5 aromatic rings. The van der Waals surface area contributed by atoms with E-state index in [2.05, 4.69) is 24.5 Å². The quantitative estimate of drug-likeness (QED) is 0.104. The third kappa shape index (κ3) is 8.90. The fourth-order valence-electron chi connectivity index (χ4n) is 5.11. The molecule has 2 N–H and O–H groups in total. The van der Waals surface area contributed by atoms with Crippen LogP contribution in [0.4, 0.5) is 17.1 Å². The normalized spacial score (nSPS) is 11.9. The first-order valence-electron chi connectivity index (χ1n) is 16.0. The Morgan fingerprint density at radius 3 is 1.88 bits per heavy atom. The molecule has 0 spiro atoms. The minimum atomic E-state index is -0.461. The maximum absolute atomic E-state index is 14.1. The molecule has 0 radical (unpaired) electrons. The van der Waals surface area contributed by atoms with Gasteiger partial charge >= 0.3 is 0 Å². The second kappa shape index (κ2) is 16.4. The lowest BCUT2D eigenvalue weighted by molar-refractivity contribution is -0.117. The van der Waals surface area contributed by atoms with Crippen LogP contribution in [0.5, 0.6) is 0 Å². The molecule has 1 atom stereocenters. The van der Waals surface area contributed by atoms with Gasteiger partial charge in [0, 0.05) is 27.5 Å². The zero-order valence-electron chi connectivity index (χ0n) is 27.3. The zero-order valence-corrected chi connectivity index (χ0v) is 28.1. The molecule has 0 bridgehead atoms. The van der Waals surface area contributed by atoms with E-state index in [0.29, 0.717) is 23.6 Å². The summed E-state index contributed by atoms with van der Waals surface area (Å²) in [5.74, 6) is -0.509. The summed E-state index contributed by atoms with van der Waals surface area (Å²) >= 11 is 1.45. The molecule has 3 amide bonds. The number of para-hydroxylation sites is 2. The van der Waals surface area contributed by atoms with E-state index in [9.17, 15) is 14.4 Å². The van der Waals surface area contributed by atoms with Crippen LogP contribution < -0.4 is 15.5 Å². The molecule has 5 aromatic carbocycles. The van der Waals surface area contributed by atoms with E-state index >= 15 is 0 Å². The molecular weight excluding hydrogens is 615 g/mol. The van der Waals surface area contributed by atoms with Crippen LogP contribution in [-0.4, -0.2) is 23.0 Å². The predicted molar refractivity (Wildman–Crippen MR) is 197 cm³/mol. The van der Waals surface area contributed by atoms with Crippen molar-refractivity contribution < 1.29 is 14.4 Å². The summed E-state index contributed by atoms with van der Waals surface area (Å²) in [7, 11) is 0. The number of benzene rings is 5. The van der Waals surface area contributed by atoms with E-state index in [1.807, 2.05) is 116 Å². The topological polar surface area (TPSA) is 78.5 Å². The van der Waals surface area contributed by atoms with Gasteiger partial charge in [0.2, 0.25) is 5.91 Å². The lowest BCUT2D eigenvalue weighted by atomic mass is 10.0. The number of rotatable bonds is 12. The summed E-state index contributed by atoms with van der Waals surface area (Å²) in [6.45, 7) is 6.24. The molecule has 0 aliphatic heterocycles. The van der Waals surface area contributed by atoms with Gasteiger partial charge in [0.15, 0.2) is 0 Å². The Bertz CT molecular complexity index is 1820. The van der Waals surface area contributed by atoms with Crippen molar-refractivity contribution >= 4 is 52.6 Å². The van der Waals surface area contributed by atoms with Crippen LogP contribution in [0.25, 0.3) is 6.08 Å². The highest BCUT2D eigenvalue weighted by Gasteiger charge is 2.27. The average Bonchev–Trinajstić information content (AvgIpc) is 3.12. The molecule has 7 heteroatoms. The van der Waals surface area contributed by atoms with Gasteiger partial charge in [-0.25, -0.2) is 0 Å². The van der Waals surface area contributed by atoms with Crippen molar-refractivity contribution in [2.75, 3.05) is 10.2 Å². The van der Waals surface area contributed by atoms with Gasteiger partial charge in [-0.3, -0.25) is 19.3 Å². The molecule has 48 heavy (non-hydrogen) atoms. The summed E-state index contributed by atoms with van der Waals surface area (Å²) in [5, 5.41) is 5.38. The van der Waals surface area contributed by atoms with Gasteiger partial charge < -0.3 is 10.6 Å². The Hall–Kier alpha value is -5.40. The standard InChI is InChI=1S/C41H39N3O3S/c1-4-38(41(47)44(34-18-10-6-11-19-34)35-20-12-7-13-21-35)48-36-22-14-17-33(28-36)42-40(46)37(43-39(45)32-15-8-5-9-16-32)27-30-23-25-31(26-24-30)29(2)3/h5-29,38H,4H2,1-3H3,(H,42,46)(H,43,45)/b37-27+. The first kappa shape index (κ1) is 33.9. The summed E-state index contributed by atoms with van der Waals surface area (Å²) < 4.78 is 0. The lowest BCUT2D eigenvalue weighted by Gasteiger charge is -2.27. The van der Waals surface area contributed by atoms with E-state index < -0.39 is 5.91 Å². The maximum Gasteiger partial charge on any atom is 0.272 e. The summed E-state index contributed by atoms with van der Waals surface area (Å²) in [6, 6.07) is 43.4. The summed E-state index contributed by atoms with van der Waals surface area (Å²) in [6.07, 6.45) is 2.27. The van der Waals surface area contributed by atoms with E-state index in [-0.39, 0.29) is 22.8 Å². The molecule has 0 saturated heterocycles. The van der Waals surface area contributed by atoms with Crippen molar-refractivity contribution in [2.24, 2.45) is 0 Å². The van der Waals surface area contributed by atoms with Gasteiger partial charge in [0.25, 0.3) is 11.8 Å². The van der Waals surface area contributed by atoms with Crippen molar-refractivity contribution in [3.63, 3.8) is 0 Å². The van der Waals surface area contributed by atoms with Crippen LogP contribution in [-0.2, 0) is 9.59 Å². The summed E-state index contributed by atoms with van der Waals surface area (Å²) in [4.78, 5) is 43.5. The molecule has 0 aromatic heterocycles. The van der Waals surface area contributed by atoms with Crippen LogP contribution in [0.2, 0.25) is 0 Å². The van der Waals surface area contributed by atoms with Crippen LogP contribution in [0.1, 0.15) is 54.6 Å². The minimum Gasteiger partial charge on any atom is -0.321 e. The number of anilines is 3. The Balaban J connectivity index is 1.37. The van der Waals surface area contributed by atoms with Gasteiger partial charge in [0.05, 0.1) is 5.25 Å². The highest BCUT2D eigenvalue weighted by Crippen LogP contribution is 2.33. The Labute approximate surface area is 286 Å². The van der Waals surface area contributed by atoms with E-state index in [4.69, 9.17) is 0 Å². The average molecular weight is 654 g/mol. The number of nitrogens with zero attached hydrogens (tertiary/aromatic N) is 1. The maximum atomic E-state index is 14.1. The number of carbonyl (C=O) groups is 3. The van der Waals surface area contributed by atoms with Gasteiger partial charge in [-0.05, 0) is 84.1 Å². The lowest BCUT2D eigenvalue weighted by Crippen LogP contribution is -2.34. The molecule has 0 heterocycles. The molecule has 1 unspecified atom stereocenters. The first-order valence-corrected chi connectivity index (χ1v) is 16.9. The molecule has 0 fully saturated rings. The molecule has 0 aliphatic rings. The van der Waals surface area contributed by atoms with Crippen molar-refractivity contribution in [1.29, 1.82) is 0 Å². The van der Waals surface area contributed by atoms with Gasteiger partial charge in [-0.15, -0.1) is 11.8 Å². The van der Waals surface area contributed by atoms with Crippen LogP contribution in [0.3, 0.4) is 0 Å². The number of thioether (sulfide) groups is 1. The van der Waals surface area contributed by atoms with Crippen molar-refractivity contribution in [1.82, 2.24) is 5.32 Å². The third-order valence-electron chi connectivity index (χ3n) is 7.71. The van der Waals surface area contributed by atoms with Gasteiger partial charge in [-0.2, -0.15) is 0 Å². The molecule has 5 rings (SSSR count). The predicted octanol–water partition coefficient (Wildman–Crippen LogP) is 9.46. The highest BCUT2D eigenvalue weighted by molar-refractivity contribution is 8.00. The largest absolute Gasteiger partial charge is 0.321 e. The Morgan fingerprint density at radius 2 is 1.31 bits per heavy atom. The van der Waals surface area contributed by atoms with Crippen LogP contribution >= 0.6 is 11.8 Å². The SMILES string of the molecule is CCC(Sc1cccc(NC(=O)/C(=C\c2ccc(C(C)C)cc2)NC(=O)c2ccccc2)c1)C(=O)N(c1ccccc1)c1ccccc1. The number of hydrogen-bond donors (Lipinski definition) is 2. The number of hydrogen-bond acceptors (Lipinski definition) is 4. The third-order valence-corrected chi connectivity index (χ3v) is 9.05. The number of amides is 3. The second-order valence-corrected chi connectivity index (χ2v) is 12.8. The number of carbonyl (C=O) groups excluding carboxylic acids is 3. The fraction of sp³-hybridized carbons (Fsp3) is 0.146. The fourth-order valence-corrected chi connectivity index (χ4v) is 6.16. The number of nitrogens with one attached hydrogen (secondary N) is 2. The Morgan fingerprint density at radius 1 is 0.729 bits per heavy atom. The molecule has 0 saturated carbocycles. The smallest absolute Gasteiger partial charge is 0.272 e. The van der Waals surface area contributed by atoms with E-state index in [1.165, 1.54) is 17.3 Å². The highest BCUT2D eigenvalue weighted by atomic mass is 32.2. The van der Waals surface area contributed by atoms with Gasteiger partial charge in [-0.1, -0.05) is 106 Å². The minimum absolute atomic E-state index is 0.0355. The first-order chi connectivity index (χ1) is 23.3. The van der Waals surface area contributed by atoms with Crippen molar-refractivity contribution in [3.8, 4) is 0 Å². The van der Waals surface area contributed by atoms with Crippen LogP contribution in [0.15, 0.2) is 150 Å². The second-order valence-electron chi connectivity index (χ2n) is 11.5.